The number of nitrogens with two attached hydrogens (primary N) is 1. The van der Waals surface area contributed by atoms with E-state index < -0.39 is 0 Å². The first kappa shape index (κ1) is 13.7. The molecular weight excluding hydrogens is 262 g/mol. The first-order valence-electron chi connectivity index (χ1n) is 5.81. The van der Waals surface area contributed by atoms with Gasteiger partial charge in [0.2, 0.25) is 5.13 Å². The Bertz CT molecular complexity index is 530. The average Bonchev–Trinajstić information content (AvgIpc) is 2.86. The van der Waals surface area contributed by atoms with Crippen LogP contribution in [-0.2, 0) is 13.1 Å². The van der Waals surface area contributed by atoms with E-state index in [0.29, 0.717) is 5.13 Å². The standard InChI is InChI=1S/C12H17N5OS/c1-17(8-11-15-16-12(14-13)19-11)7-9-4-3-5-10(6-9)18-2/h3-6H,7-8,13H2,1-2H3,(H,14,16). The maximum Gasteiger partial charge on any atom is 0.219 e. The lowest BCUT2D eigenvalue weighted by molar-refractivity contribution is 0.317. The summed E-state index contributed by atoms with van der Waals surface area (Å²) in [5.74, 6) is 6.15. The van der Waals surface area contributed by atoms with Crippen molar-refractivity contribution in [1.29, 1.82) is 0 Å². The number of aromatic nitrogens is 2. The highest BCUT2D eigenvalue weighted by molar-refractivity contribution is 7.15. The normalized spacial score (nSPS) is 10.7. The average molecular weight is 279 g/mol. The highest BCUT2D eigenvalue weighted by Crippen LogP contribution is 2.17. The first-order chi connectivity index (χ1) is 9.21. The van der Waals surface area contributed by atoms with Gasteiger partial charge in [-0.15, -0.1) is 10.2 Å². The third-order valence-electron chi connectivity index (χ3n) is 2.58. The van der Waals surface area contributed by atoms with E-state index in [1.165, 1.54) is 16.9 Å². The van der Waals surface area contributed by atoms with Crippen LogP contribution in [0, 0.1) is 0 Å². The number of anilines is 1. The van der Waals surface area contributed by atoms with Crippen LogP contribution in [0.4, 0.5) is 5.13 Å². The first-order valence-corrected chi connectivity index (χ1v) is 6.63. The zero-order valence-corrected chi connectivity index (χ0v) is 11.8. The molecule has 0 unspecified atom stereocenters. The number of nitrogens with one attached hydrogen (secondary N) is 1. The van der Waals surface area contributed by atoms with Gasteiger partial charge in [0.05, 0.1) is 13.7 Å². The summed E-state index contributed by atoms with van der Waals surface area (Å²) in [7, 11) is 3.71. The highest BCUT2D eigenvalue weighted by Gasteiger charge is 2.07. The molecule has 102 valence electrons. The van der Waals surface area contributed by atoms with E-state index in [4.69, 9.17) is 10.6 Å². The molecule has 0 saturated heterocycles. The fourth-order valence-corrected chi connectivity index (χ4v) is 2.48. The Balaban J connectivity index is 1.94. The van der Waals surface area contributed by atoms with Gasteiger partial charge in [-0.2, -0.15) is 0 Å². The van der Waals surface area contributed by atoms with Crippen LogP contribution >= 0.6 is 11.3 Å². The van der Waals surface area contributed by atoms with Crippen LogP contribution in [0.2, 0.25) is 0 Å². The number of hydrogen-bond donors (Lipinski definition) is 2. The molecule has 1 heterocycles. The lowest BCUT2D eigenvalue weighted by Crippen LogP contribution is -2.17. The van der Waals surface area contributed by atoms with Gasteiger partial charge in [-0.25, -0.2) is 5.84 Å². The molecule has 19 heavy (non-hydrogen) atoms. The molecule has 0 saturated carbocycles. The van der Waals surface area contributed by atoms with Crippen molar-refractivity contribution >= 4 is 16.5 Å². The third kappa shape index (κ3) is 3.88. The highest BCUT2D eigenvalue weighted by atomic mass is 32.1. The molecule has 0 fully saturated rings. The minimum Gasteiger partial charge on any atom is -0.497 e. The second-order valence-electron chi connectivity index (χ2n) is 4.17. The van der Waals surface area contributed by atoms with Gasteiger partial charge in [-0.05, 0) is 24.7 Å². The van der Waals surface area contributed by atoms with Gasteiger partial charge >= 0.3 is 0 Å². The summed E-state index contributed by atoms with van der Waals surface area (Å²) in [6.45, 7) is 1.55. The monoisotopic (exact) mass is 279 g/mol. The van der Waals surface area contributed by atoms with Crippen LogP contribution in [0.15, 0.2) is 24.3 Å². The van der Waals surface area contributed by atoms with Crippen molar-refractivity contribution in [3.63, 3.8) is 0 Å². The number of hydrogen-bond acceptors (Lipinski definition) is 7. The van der Waals surface area contributed by atoms with Gasteiger partial charge in [0, 0.05) is 6.54 Å². The smallest absolute Gasteiger partial charge is 0.219 e. The third-order valence-corrected chi connectivity index (χ3v) is 3.42. The lowest BCUT2D eigenvalue weighted by Gasteiger charge is -2.15. The minimum atomic E-state index is 0.629. The van der Waals surface area contributed by atoms with Crippen molar-refractivity contribution < 1.29 is 4.74 Å². The molecule has 0 spiro atoms. The molecule has 0 amide bonds. The molecule has 0 radical (unpaired) electrons. The number of nitrogen functional groups attached to an aromatic ring is 1. The Morgan fingerprint density at radius 2 is 2.21 bits per heavy atom. The summed E-state index contributed by atoms with van der Waals surface area (Å²) < 4.78 is 5.21. The van der Waals surface area contributed by atoms with Crippen molar-refractivity contribution in [2.24, 2.45) is 5.84 Å². The number of nitrogens with zero attached hydrogens (tertiary/aromatic N) is 3. The van der Waals surface area contributed by atoms with Gasteiger partial charge in [0.15, 0.2) is 0 Å². The largest absolute Gasteiger partial charge is 0.497 e. The zero-order chi connectivity index (χ0) is 13.7. The Morgan fingerprint density at radius 1 is 1.37 bits per heavy atom. The Hall–Kier alpha value is -1.70. The zero-order valence-electron chi connectivity index (χ0n) is 11.0. The predicted molar refractivity (Wildman–Crippen MR) is 75.9 cm³/mol. The topological polar surface area (TPSA) is 76.3 Å². The summed E-state index contributed by atoms with van der Waals surface area (Å²) in [6.07, 6.45) is 0. The second-order valence-corrected chi connectivity index (χ2v) is 5.23. The van der Waals surface area contributed by atoms with Crippen LogP contribution in [0.3, 0.4) is 0 Å². The lowest BCUT2D eigenvalue weighted by atomic mass is 10.2. The van der Waals surface area contributed by atoms with E-state index in [0.717, 1.165) is 23.8 Å². The number of hydrazine groups is 1. The molecule has 1 aromatic carbocycles. The van der Waals surface area contributed by atoms with Gasteiger partial charge < -0.3 is 4.74 Å². The fraction of sp³-hybridized carbons (Fsp3) is 0.333. The van der Waals surface area contributed by atoms with Crippen LogP contribution in [0.5, 0.6) is 5.75 Å². The summed E-state index contributed by atoms with van der Waals surface area (Å²) in [6, 6.07) is 8.03. The van der Waals surface area contributed by atoms with Crippen molar-refractivity contribution in [3.8, 4) is 5.75 Å². The quantitative estimate of drug-likeness (QED) is 0.616. The number of benzene rings is 1. The van der Waals surface area contributed by atoms with E-state index in [-0.39, 0.29) is 0 Å². The van der Waals surface area contributed by atoms with Gasteiger partial charge in [0.1, 0.15) is 10.8 Å². The molecule has 0 aliphatic heterocycles. The van der Waals surface area contributed by atoms with Crippen LogP contribution in [0.25, 0.3) is 0 Å². The molecule has 0 aliphatic rings. The van der Waals surface area contributed by atoms with E-state index in [1.54, 1.807) is 7.11 Å². The summed E-state index contributed by atoms with van der Waals surface area (Å²) in [5, 5.41) is 9.53. The van der Waals surface area contributed by atoms with Crippen LogP contribution < -0.4 is 16.0 Å². The molecule has 7 heteroatoms. The van der Waals surface area contributed by atoms with E-state index in [9.17, 15) is 0 Å². The molecule has 2 aromatic rings. The predicted octanol–water partition coefficient (Wildman–Crippen LogP) is 1.46. The van der Waals surface area contributed by atoms with Crippen molar-refractivity contribution in [3.05, 3.63) is 34.8 Å². The number of methoxy groups -OCH3 is 1. The van der Waals surface area contributed by atoms with Gasteiger partial charge in [0.25, 0.3) is 0 Å². The Morgan fingerprint density at radius 3 is 2.89 bits per heavy atom. The maximum atomic E-state index is 5.28. The molecule has 0 aliphatic carbocycles. The van der Waals surface area contributed by atoms with E-state index in [1.807, 2.05) is 25.2 Å². The SMILES string of the molecule is COc1cccc(CN(C)Cc2nnc(NN)s2)c1. The summed E-state index contributed by atoms with van der Waals surface area (Å²) >= 11 is 1.45. The van der Waals surface area contributed by atoms with Crippen molar-refractivity contribution in [1.82, 2.24) is 15.1 Å². The Kier molecular flexibility index (Phi) is 4.67. The number of rotatable bonds is 6. The van der Waals surface area contributed by atoms with Crippen LogP contribution in [-0.4, -0.2) is 29.3 Å². The molecule has 6 nitrogen and oxygen atoms in total. The fourth-order valence-electron chi connectivity index (χ4n) is 1.75. The summed E-state index contributed by atoms with van der Waals surface area (Å²) in [5.41, 5.74) is 3.69. The van der Waals surface area contributed by atoms with E-state index in [2.05, 4.69) is 26.6 Å². The van der Waals surface area contributed by atoms with E-state index >= 15 is 0 Å². The number of ether oxygens (including phenoxy) is 1. The van der Waals surface area contributed by atoms with Crippen LogP contribution in [0.1, 0.15) is 10.6 Å². The molecule has 3 N–H and O–H groups in total. The van der Waals surface area contributed by atoms with Crippen molar-refractivity contribution in [2.75, 3.05) is 19.6 Å². The molecule has 0 bridgehead atoms. The second kappa shape index (κ2) is 6.46. The van der Waals surface area contributed by atoms with Gasteiger partial charge in [-0.1, -0.05) is 23.5 Å². The molecule has 2 rings (SSSR count). The maximum absolute atomic E-state index is 5.28. The Labute approximate surface area is 116 Å². The molecule has 0 atom stereocenters. The molecular formula is C12H17N5OS. The van der Waals surface area contributed by atoms with Gasteiger partial charge in [-0.3, -0.25) is 10.3 Å². The molecule has 1 aromatic heterocycles. The minimum absolute atomic E-state index is 0.629. The summed E-state index contributed by atoms with van der Waals surface area (Å²) in [4.78, 5) is 2.16. The van der Waals surface area contributed by atoms with Crippen molar-refractivity contribution in [2.45, 2.75) is 13.1 Å².